The van der Waals surface area contributed by atoms with Crippen LogP contribution in [0.2, 0.25) is 5.02 Å². The molecule has 4 nitrogen and oxygen atoms in total. The number of rotatable bonds is 5. The van der Waals surface area contributed by atoms with Gasteiger partial charge < -0.3 is 10.4 Å². The van der Waals surface area contributed by atoms with E-state index in [2.05, 4.69) is 16.4 Å². The van der Waals surface area contributed by atoms with Crippen molar-refractivity contribution in [2.45, 2.75) is 19.4 Å². The normalized spacial score (nSPS) is 12.1. The van der Waals surface area contributed by atoms with Crippen molar-refractivity contribution in [1.29, 1.82) is 0 Å². The minimum atomic E-state index is -1.13. The SMILES string of the molecule is CC(Cc1cccs1)Nc1ccc(Cl)c(C(=O)O)n1. The van der Waals surface area contributed by atoms with Crippen LogP contribution in [0.1, 0.15) is 22.3 Å². The number of hydrogen-bond donors (Lipinski definition) is 2. The Morgan fingerprint density at radius 3 is 2.95 bits per heavy atom. The second kappa shape index (κ2) is 6.04. The second-order valence-electron chi connectivity index (χ2n) is 4.16. The molecule has 6 heteroatoms. The molecule has 0 aromatic carbocycles. The fraction of sp³-hybridized carbons (Fsp3) is 0.231. The van der Waals surface area contributed by atoms with E-state index in [1.807, 2.05) is 18.4 Å². The lowest BCUT2D eigenvalue weighted by Crippen LogP contribution is -2.19. The number of nitrogens with zero attached hydrogens (tertiary/aromatic N) is 1. The molecule has 0 fully saturated rings. The van der Waals surface area contributed by atoms with E-state index in [-0.39, 0.29) is 16.8 Å². The van der Waals surface area contributed by atoms with Gasteiger partial charge in [0.1, 0.15) is 5.82 Å². The van der Waals surface area contributed by atoms with Gasteiger partial charge in [0.05, 0.1) is 5.02 Å². The molecule has 0 aliphatic heterocycles. The molecular weight excluding hydrogens is 284 g/mol. The summed E-state index contributed by atoms with van der Waals surface area (Å²) in [6.45, 7) is 2.02. The monoisotopic (exact) mass is 296 g/mol. The summed E-state index contributed by atoms with van der Waals surface area (Å²) < 4.78 is 0. The number of carbonyl (C=O) groups is 1. The quantitative estimate of drug-likeness (QED) is 0.886. The predicted molar refractivity (Wildman–Crippen MR) is 77.3 cm³/mol. The van der Waals surface area contributed by atoms with Gasteiger partial charge in [-0.05, 0) is 30.5 Å². The topological polar surface area (TPSA) is 62.2 Å². The Labute approximate surface area is 120 Å². The van der Waals surface area contributed by atoms with Crippen molar-refractivity contribution >= 4 is 34.7 Å². The van der Waals surface area contributed by atoms with E-state index in [4.69, 9.17) is 16.7 Å². The number of aromatic carboxylic acids is 1. The Balaban J connectivity index is 2.06. The molecule has 2 rings (SSSR count). The van der Waals surface area contributed by atoms with Crippen LogP contribution < -0.4 is 5.32 Å². The molecule has 2 aromatic heterocycles. The molecule has 1 atom stereocenters. The van der Waals surface area contributed by atoms with Gasteiger partial charge in [-0.2, -0.15) is 0 Å². The molecular formula is C13H13ClN2O2S. The van der Waals surface area contributed by atoms with E-state index < -0.39 is 5.97 Å². The number of aromatic nitrogens is 1. The van der Waals surface area contributed by atoms with Crippen molar-refractivity contribution in [2.75, 3.05) is 5.32 Å². The Morgan fingerprint density at radius 1 is 1.53 bits per heavy atom. The van der Waals surface area contributed by atoms with Gasteiger partial charge in [0.25, 0.3) is 0 Å². The van der Waals surface area contributed by atoms with Gasteiger partial charge in [0.2, 0.25) is 0 Å². The van der Waals surface area contributed by atoms with Crippen LogP contribution in [0.25, 0.3) is 0 Å². The maximum Gasteiger partial charge on any atom is 0.356 e. The summed E-state index contributed by atoms with van der Waals surface area (Å²) >= 11 is 7.47. The van der Waals surface area contributed by atoms with Gasteiger partial charge in [0.15, 0.2) is 5.69 Å². The first kappa shape index (κ1) is 13.8. The Bertz CT molecular complexity index is 572. The average Bonchev–Trinajstić information content (AvgIpc) is 2.84. The van der Waals surface area contributed by atoms with Crippen LogP contribution in [0.5, 0.6) is 0 Å². The van der Waals surface area contributed by atoms with Gasteiger partial charge in [0, 0.05) is 17.3 Å². The standard InChI is InChI=1S/C13H13ClN2O2S/c1-8(7-9-3-2-6-19-9)15-11-5-4-10(14)12(16-11)13(17)18/h2-6,8H,7H2,1H3,(H,15,16)(H,17,18). The van der Waals surface area contributed by atoms with Crippen LogP contribution in [-0.2, 0) is 6.42 Å². The van der Waals surface area contributed by atoms with E-state index >= 15 is 0 Å². The van der Waals surface area contributed by atoms with Gasteiger partial charge in [-0.25, -0.2) is 9.78 Å². The molecule has 0 spiro atoms. The van der Waals surface area contributed by atoms with E-state index in [1.54, 1.807) is 17.4 Å². The summed E-state index contributed by atoms with van der Waals surface area (Å²) in [6, 6.07) is 7.46. The molecule has 2 heterocycles. The molecule has 0 aliphatic rings. The maximum atomic E-state index is 10.9. The highest BCUT2D eigenvalue weighted by atomic mass is 35.5. The number of anilines is 1. The Hall–Kier alpha value is -1.59. The first-order valence-electron chi connectivity index (χ1n) is 5.75. The molecule has 100 valence electrons. The molecule has 0 radical (unpaired) electrons. The van der Waals surface area contributed by atoms with Crippen LogP contribution in [0, 0.1) is 0 Å². The van der Waals surface area contributed by atoms with Crippen molar-refractivity contribution in [3.63, 3.8) is 0 Å². The zero-order valence-corrected chi connectivity index (χ0v) is 11.8. The molecule has 2 N–H and O–H groups in total. The highest BCUT2D eigenvalue weighted by Gasteiger charge is 2.12. The number of nitrogens with one attached hydrogen (secondary N) is 1. The van der Waals surface area contributed by atoms with Crippen molar-refractivity contribution in [1.82, 2.24) is 4.98 Å². The largest absolute Gasteiger partial charge is 0.476 e. The summed E-state index contributed by atoms with van der Waals surface area (Å²) in [4.78, 5) is 16.2. The first-order valence-corrected chi connectivity index (χ1v) is 7.01. The van der Waals surface area contributed by atoms with Gasteiger partial charge in [-0.15, -0.1) is 11.3 Å². The Morgan fingerprint density at radius 2 is 2.32 bits per heavy atom. The minimum absolute atomic E-state index is 0.130. The number of thiophene rings is 1. The zero-order valence-electron chi connectivity index (χ0n) is 10.3. The zero-order chi connectivity index (χ0) is 13.8. The molecule has 0 bridgehead atoms. The molecule has 0 aliphatic carbocycles. The van der Waals surface area contributed by atoms with Crippen molar-refractivity contribution in [2.24, 2.45) is 0 Å². The fourth-order valence-electron chi connectivity index (χ4n) is 1.71. The number of carboxylic acid groups (broad SMARTS) is 1. The Kier molecular flexibility index (Phi) is 4.39. The van der Waals surface area contributed by atoms with E-state index in [9.17, 15) is 4.79 Å². The predicted octanol–water partition coefficient (Wildman–Crippen LogP) is 3.54. The number of pyridine rings is 1. The lowest BCUT2D eigenvalue weighted by atomic mass is 10.2. The molecule has 0 saturated heterocycles. The molecule has 19 heavy (non-hydrogen) atoms. The summed E-state index contributed by atoms with van der Waals surface area (Å²) in [5, 5.41) is 14.3. The lowest BCUT2D eigenvalue weighted by Gasteiger charge is -2.14. The van der Waals surface area contributed by atoms with E-state index in [0.717, 1.165) is 6.42 Å². The number of halogens is 1. The molecule has 0 amide bonds. The van der Waals surface area contributed by atoms with Crippen LogP contribution >= 0.6 is 22.9 Å². The molecule has 0 saturated carbocycles. The van der Waals surface area contributed by atoms with Gasteiger partial charge in [-0.3, -0.25) is 0 Å². The second-order valence-corrected chi connectivity index (χ2v) is 5.60. The molecule has 1 unspecified atom stereocenters. The fourth-order valence-corrected chi connectivity index (χ4v) is 2.73. The van der Waals surface area contributed by atoms with Gasteiger partial charge >= 0.3 is 5.97 Å². The van der Waals surface area contributed by atoms with Crippen molar-refractivity contribution in [3.05, 3.63) is 45.2 Å². The van der Waals surface area contributed by atoms with Crippen molar-refractivity contribution < 1.29 is 9.90 Å². The third-order valence-corrected chi connectivity index (χ3v) is 3.73. The number of carboxylic acids is 1. The van der Waals surface area contributed by atoms with E-state index in [1.165, 1.54) is 10.9 Å². The highest BCUT2D eigenvalue weighted by Crippen LogP contribution is 2.18. The summed E-state index contributed by atoms with van der Waals surface area (Å²) in [6.07, 6.45) is 0.865. The first-order chi connectivity index (χ1) is 9.06. The van der Waals surface area contributed by atoms with Crippen LogP contribution in [0.3, 0.4) is 0 Å². The average molecular weight is 297 g/mol. The van der Waals surface area contributed by atoms with Crippen LogP contribution in [0.4, 0.5) is 5.82 Å². The van der Waals surface area contributed by atoms with Crippen LogP contribution in [-0.4, -0.2) is 22.1 Å². The highest BCUT2D eigenvalue weighted by molar-refractivity contribution is 7.09. The summed E-state index contributed by atoms with van der Waals surface area (Å²) in [5.41, 5.74) is -0.130. The maximum absolute atomic E-state index is 10.9. The number of hydrogen-bond acceptors (Lipinski definition) is 4. The third kappa shape index (κ3) is 3.68. The van der Waals surface area contributed by atoms with Crippen LogP contribution in [0.15, 0.2) is 29.6 Å². The lowest BCUT2D eigenvalue weighted by molar-refractivity contribution is 0.0691. The van der Waals surface area contributed by atoms with Gasteiger partial charge in [-0.1, -0.05) is 17.7 Å². The third-order valence-electron chi connectivity index (χ3n) is 2.53. The minimum Gasteiger partial charge on any atom is -0.476 e. The summed E-state index contributed by atoms with van der Waals surface area (Å²) in [7, 11) is 0. The van der Waals surface area contributed by atoms with E-state index in [0.29, 0.717) is 5.82 Å². The van der Waals surface area contributed by atoms with Crippen molar-refractivity contribution in [3.8, 4) is 0 Å². The summed E-state index contributed by atoms with van der Waals surface area (Å²) in [5.74, 6) is -0.606. The smallest absolute Gasteiger partial charge is 0.356 e. The molecule has 2 aromatic rings.